The Morgan fingerprint density at radius 2 is 2.00 bits per heavy atom. The number of nitrogens with zero attached hydrogens (tertiary/aromatic N) is 2. The van der Waals surface area contributed by atoms with Crippen molar-refractivity contribution in [3.63, 3.8) is 0 Å². The Bertz CT molecular complexity index is 918. The minimum Gasteiger partial charge on any atom is -0.465 e. The number of benzene rings is 1. The lowest BCUT2D eigenvalue weighted by Gasteiger charge is -2.28. The number of H-pyrrole nitrogens is 1. The van der Waals surface area contributed by atoms with Crippen LogP contribution in [-0.4, -0.2) is 40.6 Å². The Labute approximate surface area is 148 Å². The van der Waals surface area contributed by atoms with Crippen LogP contribution in [0, 0.1) is 11.6 Å². The highest BCUT2D eigenvalue weighted by Gasteiger charge is 2.36. The maximum Gasteiger partial charge on any atom is 0.340 e. The van der Waals surface area contributed by atoms with Crippen LogP contribution in [0.4, 0.5) is 8.78 Å². The Hall–Kier alpha value is -3.03. The second-order valence-corrected chi connectivity index (χ2v) is 6.64. The third-order valence-electron chi connectivity index (χ3n) is 4.29. The van der Waals surface area contributed by atoms with Gasteiger partial charge in [0.05, 0.1) is 24.6 Å². The molecule has 2 aromatic rings. The van der Waals surface area contributed by atoms with Crippen molar-refractivity contribution in [2.45, 2.75) is 19.3 Å². The molecule has 26 heavy (non-hydrogen) atoms. The van der Waals surface area contributed by atoms with E-state index < -0.39 is 28.9 Å². The minimum absolute atomic E-state index is 0.0242. The van der Waals surface area contributed by atoms with Gasteiger partial charge in [0.1, 0.15) is 0 Å². The molecule has 3 rings (SSSR count). The molecule has 0 radical (unpaired) electrons. The maximum atomic E-state index is 13.5. The second kappa shape index (κ2) is 6.36. The molecule has 0 spiro atoms. The van der Waals surface area contributed by atoms with Crippen molar-refractivity contribution in [1.82, 2.24) is 15.1 Å². The fraction of sp³-hybridized carbons (Fsp3) is 0.278. The molecule has 0 saturated carbocycles. The van der Waals surface area contributed by atoms with Gasteiger partial charge in [-0.15, -0.1) is 0 Å². The van der Waals surface area contributed by atoms with Crippen LogP contribution in [0.15, 0.2) is 30.6 Å². The first-order valence-corrected chi connectivity index (χ1v) is 7.85. The van der Waals surface area contributed by atoms with Crippen LogP contribution < -0.4 is 0 Å². The Morgan fingerprint density at radius 3 is 2.65 bits per heavy atom. The van der Waals surface area contributed by atoms with Gasteiger partial charge in [0.2, 0.25) is 0 Å². The van der Waals surface area contributed by atoms with Crippen molar-refractivity contribution in [2.24, 2.45) is 0 Å². The van der Waals surface area contributed by atoms with Gasteiger partial charge in [-0.05, 0) is 18.2 Å². The van der Waals surface area contributed by atoms with E-state index in [2.05, 4.69) is 10.2 Å². The summed E-state index contributed by atoms with van der Waals surface area (Å²) in [4.78, 5) is 26.4. The summed E-state index contributed by atoms with van der Waals surface area (Å²) in [5, 5.41) is 6.86. The molecule has 0 saturated heterocycles. The fourth-order valence-electron chi connectivity index (χ4n) is 2.98. The van der Waals surface area contributed by atoms with E-state index >= 15 is 0 Å². The van der Waals surface area contributed by atoms with Crippen molar-refractivity contribution in [1.29, 1.82) is 0 Å². The van der Waals surface area contributed by atoms with Crippen molar-refractivity contribution in [2.75, 3.05) is 13.7 Å². The second-order valence-electron chi connectivity index (χ2n) is 6.64. The molecular weight excluding hydrogens is 344 g/mol. The lowest BCUT2D eigenvalue weighted by Crippen LogP contribution is -2.37. The van der Waals surface area contributed by atoms with Gasteiger partial charge in [-0.2, -0.15) is 5.10 Å². The number of fused-ring (bicyclic) bond motifs is 1. The number of aromatic amines is 1. The normalized spacial score (nSPS) is 15.7. The minimum atomic E-state index is -1.11. The van der Waals surface area contributed by atoms with E-state index in [0.29, 0.717) is 11.3 Å². The topological polar surface area (TPSA) is 75.3 Å². The SMILES string of the molecule is COC(=O)C1=CN(C(=O)c2ccc(F)c(F)c2)CC(C)(C)c2[nH]ncc21. The molecule has 1 N–H and O–H groups in total. The van der Waals surface area contributed by atoms with Crippen molar-refractivity contribution in [3.8, 4) is 0 Å². The van der Waals surface area contributed by atoms with Gasteiger partial charge in [0, 0.05) is 29.3 Å². The number of rotatable bonds is 2. The monoisotopic (exact) mass is 361 g/mol. The standard InChI is InChI=1S/C18H17F2N3O3/c1-18(2)9-23(16(24)10-4-5-13(19)14(20)6-10)8-12(17(25)26-3)11-7-21-22-15(11)18/h4-8H,9H2,1-3H3,(H,21,22). The number of amides is 1. The van der Waals surface area contributed by atoms with E-state index in [0.717, 1.165) is 12.1 Å². The van der Waals surface area contributed by atoms with Crippen LogP contribution in [0.5, 0.6) is 0 Å². The van der Waals surface area contributed by atoms with Crippen LogP contribution >= 0.6 is 0 Å². The number of hydrogen-bond acceptors (Lipinski definition) is 4. The molecule has 0 unspecified atom stereocenters. The summed E-state index contributed by atoms with van der Waals surface area (Å²) < 4.78 is 31.5. The van der Waals surface area contributed by atoms with E-state index in [9.17, 15) is 18.4 Å². The van der Waals surface area contributed by atoms with E-state index in [-0.39, 0.29) is 17.7 Å². The largest absolute Gasteiger partial charge is 0.465 e. The molecule has 1 aliphatic heterocycles. The summed E-state index contributed by atoms with van der Waals surface area (Å²) in [6.07, 6.45) is 2.85. The van der Waals surface area contributed by atoms with Crippen LogP contribution in [0.1, 0.15) is 35.5 Å². The lowest BCUT2D eigenvalue weighted by molar-refractivity contribution is -0.133. The van der Waals surface area contributed by atoms with Crippen LogP contribution in [0.2, 0.25) is 0 Å². The number of aromatic nitrogens is 2. The number of nitrogens with one attached hydrogen (secondary N) is 1. The van der Waals surface area contributed by atoms with Gasteiger partial charge < -0.3 is 9.64 Å². The Balaban J connectivity index is 2.09. The van der Waals surface area contributed by atoms with Crippen LogP contribution in [0.3, 0.4) is 0 Å². The summed E-state index contributed by atoms with van der Waals surface area (Å²) in [7, 11) is 1.24. The molecule has 1 aliphatic rings. The average molecular weight is 361 g/mol. The number of carbonyl (C=O) groups is 2. The summed E-state index contributed by atoms with van der Waals surface area (Å²) in [6, 6.07) is 2.93. The number of halogens is 2. The lowest BCUT2D eigenvalue weighted by atomic mass is 9.86. The molecule has 1 amide bonds. The predicted molar refractivity (Wildman–Crippen MR) is 89.0 cm³/mol. The van der Waals surface area contributed by atoms with Gasteiger partial charge in [-0.1, -0.05) is 13.8 Å². The summed E-state index contributed by atoms with van der Waals surface area (Å²) in [5.41, 5.74) is 0.755. The third kappa shape index (κ3) is 2.98. The van der Waals surface area contributed by atoms with Crippen LogP contribution in [0.25, 0.3) is 5.57 Å². The molecule has 136 valence electrons. The molecule has 1 aromatic carbocycles. The molecule has 8 heteroatoms. The van der Waals surface area contributed by atoms with E-state index in [1.54, 1.807) is 0 Å². The van der Waals surface area contributed by atoms with E-state index in [4.69, 9.17) is 4.74 Å². The molecule has 0 aliphatic carbocycles. The first-order chi connectivity index (χ1) is 12.2. The smallest absolute Gasteiger partial charge is 0.340 e. The molecule has 0 bridgehead atoms. The van der Waals surface area contributed by atoms with Crippen LogP contribution in [-0.2, 0) is 14.9 Å². The predicted octanol–water partition coefficient (Wildman–Crippen LogP) is 2.64. The van der Waals surface area contributed by atoms with Crippen molar-refractivity contribution < 1.29 is 23.1 Å². The zero-order valence-electron chi connectivity index (χ0n) is 14.5. The number of methoxy groups -OCH3 is 1. The Morgan fingerprint density at radius 1 is 1.27 bits per heavy atom. The third-order valence-corrected chi connectivity index (χ3v) is 4.29. The summed E-state index contributed by atoms with van der Waals surface area (Å²) in [5.74, 6) is -3.34. The van der Waals surface area contributed by atoms with Gasteiger partial charge in [-0.3, -0.25) is 9.89 Å². The number of esters is 1. The molecule has 0 fully saturated rings. The highest BCUT2D eigenvalue weighted by molar-refractivity contribution is 6.17. The Kier molecular flexibility index (Phi) is 4.35. The number of ether oxygens (including phenoxy) is 1. The average Bonchev–Trinajstić information content (AvgIpc) is 3.06. The van der Waals surface area contributed by atoms with Gasteiger partial charge in [0.25, 0.3) is 5.91 Å². The quantitative estimate of drug-likeness (QED) is 0.835. The molecule has 6 nitrogen and oxygen atoms in total. The van der Waals surface area contributed by atoms with Crippen molar-refractivity contribution >= 4 is 17.4 Å². The molecule has 0 atom stereocenters. The number of hydrogen-bond donors (Lipinski definition) is 1. The summed E-state index contributed by atoms with van der Waals surface area (Å²) >= 11 is 0. The molecule has 2 heterocycles. The first kappa shape index (κ1) is 17.8. The first-order valence-electron chi connectivity index (χ1n) is 7.85. The fourth-order valence-corrected chi connectivity index (χ4v) is 2.98. The highest BCUT2D eigenvalue weighted by Crippen LogP contribution is 2.34. The zero-order valence-corrected chi connectivity index (χ0v) is 14.5. The molecular formula is C18H17F2N3O3. The molecule has 1 aromatic heterocycles. The van der Waals surface area contributed by atoms with Gasteiger partial charge in [0.15, 0.2) is 11.6 Å². The van der Waals surface area contributed by atoms with Crippen molar-refractivity contribution in [3.05, 3.63) is 59.1 Å². The maximum absolute atomic E-state index is 13.5. The van der Waals surface area contributed by atoms with Gasteiger partial charge in [-0.25, -0.2) is 13.6 Å². The highest BCUT2D eigenvalue weighted by atomic mass is 19.2. The van der Waals surface area contributed by atoms with E-state index in [1.807, 2.05) is 13.8 Å². The number of carbonyl (C=O) groups excluding carboxylic acids is 2. The zero-order chi connectivity index (χ0) is 19.1. The van der Waals surface area contributed by atoms with Gasteiger partial charge >= 0.3 is 5.97 Å². The van der Waals surface area contributed by atoms with E-state index in [1.165, 1.54) is 30.5 Å². The summed E-state index contributed by atoms with van der Waals surface area (Å²) in [6.45, 7) is 3.95.